The van der Waals surface area contributed by atoms with Crippen molar-refractivity contribution in [1.29, 1.82) is 0 Å². The normalized spacial score (nSPS) is 21.9. The van der Waals surface area contributed by atoms with Gasteiger partial charge in [-0.1, -0.05) is 15.9 Å². The zero-order valence-corrected chi connectivity index (χ0v) is 10.3. The van der Waals surface area contributed by atoms with Crippen molar-refractivity contribution in [1.82, 2.24) is 4.90 Å². The van der Waals surface area contributed by atoms with Gasteiger partial charge in [-0.2, -0.15) is 0 Å². The van der Waals surface area contributed by atoms with Crippen LogP contribution in [0.5, 0.6) is 5.75 Å². The smallest absolute Gasteiger partial charge is 0.142 e. The number of nitrogens with two attached hydrogens (primary N) is 1. The molecule has 1 saturated heterocycles. The van der Waals surface area contributed by atoms with Gasteiger partial charge in [-0.25, -0.2) is 0 Å². The first-order valence-corrected chi connectivity index (χ1v) is 5.84. The molecule has 1 aromatic rings. The van der Waals surface area contributed by atoms with Gasteiger partial charge in [0.1, 0.15) is 11.9 Å². The lowest BCUT2D eigenvalue weighted by atomic mass is 10.3. The molecule has 0 radical (unpaired) electrons. The van der Waals surface area contributed by atoms with E-state index in [1.807, 2.05) is 18.2 Å². The van der Waals surface area contributed by atoms with E-state index >= 15 is 0 Å². The molecule has 1 aliphatic rings. The van der Waals surface area contributed by atoms with Gasteiger partial charge >= 0.3 is 0 Å². The van der Waals surface area contributed by atoms with E-state index in [-0.39, 0.29) is 6.10 Å². The molecule has 0 aromatic heterocycles. The van der Waals surface area contributed by atoms with E-state index in [9.17, 15) is 0 Å². The molecule has 1 heterocycles. The maximum absolute atomic E-state index is 5.87. The van der Waals surface area contributed by atoms with Crippen LogP contribution < -0.4 is 10.5 Å². The first kappa shape index (κ1) is 10.8. The summed E-state index contributed by atoms with van der Waals surface area (Å²) in [5.74, 6) is 0.790. The summed E-state index contributed by atoms with van der Waals surface area (Å²) in [4.78, 5) is 2.26. The molecule has 1 atom stereocenters. The van der Waals surface area contributed by atoms with Crippen LogP contribution in [0.4, 0.5) is 5.69 Å². The van der Waals surface area contributed by atoms with Crippen LogP contribution in [0.3, 0.4) is 0 Å². The summed E-state index contributed by atoms with van der Waals surface area (Å²) in [5, 5.41) is 0. The number of rotatable bonds is 2. The van der Waals surface area contributed by atoms with Crippen molar-refractivity contribution in [3.63, 3.8) is 0 Å². The second kappa shape index (κ2) is 4.41. The highest BCUT2D eigenvalue weighted by Gasteiger charge is 2.21. The summed E-state index contributed by atoms with van der Waals surface area (Å²) in [5.41, 5.74) is 6.56. The summed E-state index contributed by atoms with van der Waals surface area (Å²) in [6.45, 7) is 2.08. The van der Waals surface area contributed by atoms with Crippen molar-refractivity contribution in [2.75, 3.05) is 25.9 Å². The monoisotopic (exact) mass is 270 g/mol. The summed E-state index contributed by atoms with van der Waals surface area (Å²) >= 11 is 3.37. The fraction of sp³-hybridized carbons (Fsp3) is 0.455. The number of anilines is 1. The molecule has 1 aromatic carbocycles. The predicted octanol–water partition coefficient (Wildman–Crippen LogP) is 2.11. The minimum atomic E-state index is 0.276. The molecule has 82 valence electrons. The third-order valence-corrected chi connectivity index (χ3v) is 3.11. The molecule has 0 aliphatic carbocycles. The molecule has 0 amide bonds. The van der Waals surface area contributed by atoms with Gasteiger partial charge in [0, 0.05) is 17.6 Å². The van der Waals surface area contributed by atoms with E-state index < -0.39 is 0 Å². The van der Waals surface area contributed by atoms with Gasteiger partial charge in [0.05, 0.1) is 5.69 Å². The Labute approximate surface area is 98.3 Å². The summed E-state index contributed by atoms with van der Waals surface area (Å²) in [6.07, 6.45) is 1.35. The van der Waals surface area contributed by atoms with Crippen LogP contribution in [0.25, 0.3) is 0 Å². The van der Waals surface area contributed by atoms with E-state index in [1.54, 1.807) is 0 Å². The standard InChI is InChI=1S/C11H15BrN2O/c1-14-5-4-9(7-14)15-11-3-2-8(12)6-10(11)13/h2-3,6,9H,4-5,7,13H2,1H3. The average Bonchev–Trinajstić information content (AvgIpc) is 2.56. The zero-order chi connectivity index (χ0) is 10.8. The molecule has 0 bridgehead atoms. The molecule has 0 spiro atoms. The Balaban J connectivity index is 2.04. The van der Waals surface area contributed by atoms with Crippen molar-refractivity contribution in [3.8, 4) is 5.75 Å². The SMILES string of the molecule is CN1CCC(Oc2ccc(Br)cc2N)C1. The fourth-order valence-electron chi connectivity index (χ4n) is 1.80. The van der Waals surface area contributed by atoms with Gasteiger partial charge in [0.2, 0.25) is 0 Å². The van der Waals surface area contributed by atoms with Gasteiger partial charge in [0.15, 0.2) is 0 Å². The maximum Gasteiger partial charge on any atom is 0.142 e. The lowest BCUT2D eigenvalue weighted by molar-refractivity contribution is 0.209. The molecule has 2 N–H and O–H groups in total. The first-order chi connectivity index (χ1) is 7.15. The molecule has 3 nitrogen and oxygen atoms in total. The lowest BCUT2D eigenvalue weighted by Gasteiger charge is -2.15. The second-order valence-corrected chi connectivity index (χ2v) is 4.89. The quantitative estimate of drug-likeness (QED) is 0.837. The van der Waals surface area contributed by atoms with Crippen LogP contribution in [-0.2, 0) is 0 Å². The summed E-state index contributed by atoms with van der Waals surface area (Å²) < 4.78 is 6.83. The number of likely N-dealkylation sites (tertiary alicyclic amines) is 1. The molecule has 1 fully saturated rings. The Morgan fingerprint density at radius 3 is 2.93 bits per heavy atom. The Hall–Kier alpha value is -0.740. The van der Waals surface area contributed by atoms with Crippen LogP contribution in [-0.4, -0.2) is 31.1 Å². The number of nitrogens with zero attached hydrogens (tertiary/aromatic N) is 1. The number of hydrogen-bond donors (Lipinski definition) is 1. The third-order valence-electron chi connectivity index (χ3n) is 2.61. The molecular weight excluding hydrogens is 256 g/mol. The lowest BCUT2D eigenvalue weighted by Crippen LogP contribution is -2.21. The number of ether oxygens (including phenoxy) is 1. The second-order valence-electron chi connectivity index (χ2n) is 3.97. The Bertz CT molecular complexity index is 356. The largest absolute Gasteiger partial charge is 0.487 e. The van der Waals surface area contributed by atoms with E-state index in [0.29, 0.717) is 5.69 Å². The molecule has 2 rings (SSSR count). The highest BCUT2D eigenvalue weighted by Crippen LogP contribution is 2.27. The molecule has 1 aliphatic heterocycles. The van der Waals surface area contributed by atoms with Crippen molar-refractivity contribution >= 4 is 21.6 Å². The van der Waals surface area contributed by atoms with Crippen molar-refractivity contribution in [2.24, 2.45) is 0 Å². The minimum absolute atomic E-state index is 0.276. The van der Waals surface area contributed by atoms with E-state index in [2.05, 4.69) is 27.9 Å². The van der Waals surface area contributed by atoms with Crippen LogP contribution in [0.15, 0.2) is 22.7 Å². The van der Waals surface area contributed by atoms with Crippen molar-refractivity contribution in [3.05, 3.63) is 22.7 Å². The number of likely N-dealkylation sites (N-methyl/N-ethyl adjacent to an activating group) is 1. The van der Waals surface area contributed by atoms with E-state index in [1.165, 1.54) is 0 Å². The Kier molecular flexibility index (Phi) is 3.17. The molecule has 0 saturated carbocycles. The first-order valence-electron chi connectivity index (χ1n) is 5.05. The maximum atomic E-state index is 5.87. The Morgan fingerprint density at radius 2 is 2.33 bits per heavy atom. The van der Waals surface area contributed by atoms with Gasteiger partial charge in [-0.3, -0.25) is 0 Å². The van der Waals surface area contributed by atoms with Gasteiger partial charge in [0.25, 0.3) is 0 Å². The molecule has 15 heavy (non-hydrogen) atoms. The molecular formula is C11H15BrN2O. The zero-order valence-electron chi connectivity index (χ0n) is 8.74. The topological polar surface area (TPSA) is 38.5 Å². The average molecular weight is 271 g/mol. The van der Waals surface area contributed by atoms with Gasteiger partial charge in [-0.05, 0) is 31.7 Å². The minimum Gasteiger partial charge on any atom is -0.487 e. The number of nitrogen functional groups attached to an aromatic ring is 1. The van der Waals surface area contributed by atoms with Crippen molar-refractivity contribution in [2.45, 2.75) is 12.5 Å². The fourth-order valence-corrected chi connectivity index (χ4v) is 2.18. The van der Waals surface area contributed by atoms with E-state index in [0.717, 1.165) is 29.7 Å². The highest BCUT2D eigenvalue weighted by molar-refractivity contribution is 9.10. The number of benzene rings is 1. The van der Waals surface area contributed by atoms with Crippen molar-refractivity contribution < 1.29 is 4.74 Å². The van der Waals surface area contributed by atoms with Crippen LogP contribution in [0.1, 0.15) is 6.42 Å². The Morgan fingerprint density at radius 1 is 1.53 bits per heavy atom. The molecule has 1 unspecified atom stereocenters. The summed E-state index contributed by atoms with van der Waals surface area (Å²) in [6, 6.07) is 5.73. The molecule has 4 heteroatoms. The van der Waals surface area contributed by atoms with Gasteiger partial charge < -0.3 is 15.4 Å². The highest BCUT2D eigenvalue weighted by atomic mass is 79.9. The number of hydrogen-bond acceptors (Lipinski definition) is 3. The van der Waals surface area contributed by atoms with Gasteiger partial charge in [-0.15, -0.1) is 0 Å². The van der Waals surface area contributed by atoms with E-state index in [4.69, 9.17) is 10.5 Å². The van der Waals surface area contributed by atoms with Crippen LogP contribution >= 0.6 is 15.9 Å². The van der Waals surface area contributed by atoms with Crippen LogP contribution in [0.2, 0.25) is 0 Å². The number of halogens is 1. The third kappa shape index (κ3) is 2.63. The summed E-state index contributed by atoms with van der Waals surface area (Å²) in [7, 11) is 2.11. The predicted molar refractivity (Wildman–Crippen MR) is 65.1 cm³/mol. The van der Waals surface area contributed by atoms with Crippen LogP contribution in [0, 0.1) is 0 Å².